The second-order valence-electron chi connectivity index (χ2n) is 3.47. The monoisotopic (exact) mass is 243 g/mol. The fourth-order valence-electron chi connectivity index (χ4n) is 1.66. The molecule has 89 valence electrons. The summed E-state index contributed by atoms with van der Waals surface area (Å²) in [5, 5.41) is 21.9. The van der Waals surface area contributed by atoms with Crippen LogP contribution < -0.4 is 0 Å². The molecule has 2 rings (SSSR count). The van der Waals surface area contributed by atoms with E-state index in [4.69, 9.17) is 0 Å². The molecule has 0 aliphatic carbocycles. The van der Waals surface area contributed by atoms with E-state index in [0.29, 0.717) is 5.56 Å². The van der Waals surface area contributed by atoms with Gasteiger partial charge in [0.2, 0.25) is 0 Å². The van der Waals surface area contributed by atoms with Crippen molar-refractivity contribution >= 4 is 11.4 Å². The molecule has 0 spiro atoms. The second-order valence-corrected chi connectivity index (χ2v) is 3.47. The van der Waals surface area contributed by atoms with Gasteiger partial charge < -0.3 is 0 Å². The SMILES string of the molecule is O=[N+]([O-])c1[c]ccc([N+](=O)[O-])c1-c1ccccc1. The number of rotatable bonds is 3. The molecule has 0 bridgehead atoms. The lowest BCUT2D eigenvalue weighted by Crippen LogP contribution is -1.97. The zero-order chi connectivity index (χ0) is 13.1. The van der Waals surface area contributed by atoms with Gasteiger partial charge in [0, 0.05) is 6.07 Å². The number of benzene rings is 2. The Morgan fingerprint density at radius 1 is 0.944 bits per heavy atom. The van der Waals surface area contributed by atoms with Gasteiger partial charge in [0.05, 0.1) is 15.9 Å². The van der Waals surface area contributed by atoms with Gasteiger partial charge in [-0.25, -0.2) is 0 Å². The Hall–Kier alpha value is -2.76. The van der Waals surface area contributed by atoms with E-state index in [9.17, 15) is 20.2 Å². The minimum atomic E-state index is -0.671. The maximum Gasteiger partial charge on any atom is 0.292 e. The fourth-order valence-corrected chi connectivity index (χ4v) is 1.66. The Morgan fingerprint density at radius 2 is 1.61 bits per heavy atom. The first-order valence-electron chi connectivity index (χ1n) is 5.00. The van der Waals surface area contributed by atoms with Crippen molar-refractivity contribution < 1.29 is 9.85 Å². The van der Waals surface area contributed by atoms with Crippen molar-refractivity contribution in [3.63, 3.8) is 0 Å². The van der Waals surface area contributed by atoms with Crippen molar-refractivity contribution in [3.8, 4) is 11.1 Å². The van der Waals surface area contributed by atoms with E-state index in [1.54, 1.807) is 30.3 Å². The first-order chi connectivity index (χ1) is 8.61. The molecule has 18 heavy (non-hydrogen) atoms. The van der Waals surface area contributed by atoms with Crippen LogP contribution in [0.5, 0.6) is 0 Å². The van der Waals surface area contributed by atoms with E-state index in [1.807, 2.05) is 0 Å². The third kappa shape index (κ3) is 2.03. The van der Waals surface area contributed by atoms with E-state index < -0.39 is 15.5 Å². The number of nitro benzene ring substituents is 2. The molecule has 0 heterocycles. The predicted octanol–water partition coefficient (Wildman–Crippen LogP) is 2.97. The van der Waals surface area contributed by atoms with Crippen LogP contribution in [0.2, 0.25) is 0 Å². The molecule has 0 aliphatic heterocycles. The molecule has 0 atom stereocenters. The van der Waals surface area contributed by atoms with Gasteiger partial charge in [-0.1, -0.05) is 30.3 Å². The van der Waals surface area contributed by atoms with Gasteiger partial charge in [-0.3, -0.25) is 20.2 Å². The number of nitro groups is 2. The summed E-state index contributed by atoms with van der Waals surface area (Å²) < 4.78 is 0. The molecule has 0 unspecified atom stereocenters. The third-order valence-corrected chi connectivity index (χ3v) is 2.40. The van der Waals surface area contributed by atoms with Crippen LogP contribution in [0.15, 0.2) is 42.5 Å². The highest BCUT2D eigenvalue weighted by Crippen LogP contribution is 2.37. The lowest BCUT2D eigenvalue weighted by Gasteiger charge is -2.03. The molecule has 0 saturated carbocycles. The van der Waals surface area contributed by atoms with Crippen LogP contribution in [0.3, 0.4) is 0 Å². The van der Waals surface area contributed by atoms with E-state index in [-0.39, 0.29) is 11.3 Å². The van der Waals surface area contributed by atoms with Gasteiger partial charge in [-0.15, -0.1) is 0 Å². The van der Waals surface area contributed by atoms with E-state index in [1.165, 1.54) is 12.1 Å². The summed E-state index contributed by atoms with van der Waals surface area (Å²) in [5.74, 6) is 0. The molecule has 2 aromatic rings. The Balaban J connectivity index is 2.77. The first kappa shape index (κ1) is 11.7. The molecule has 0 N–H and O–H groups in total. The molecule has 1 radical (unpaired) electrons. The lowest BCUT2D eigenvalue weighted by molar-refractivity contribution is -0.392. The maximum atomic E-state index is 10.9. The van der Waals surface area contributed by atoms with Crippen LogP contribution >= 0.6 is 0 Å². The van der Waals surface area contributed by atoms with Gasteiger partial charge in [0.25, 0.3) is 11.4 Å². The average molecular weight is 243 g/mol. The minimum absolute atomic E-state index is 0.0203. The van der Waals surface area contributed by atoms with E-state index in [0.717, 1.165) is 0 Å². The summed E-state index contributed by atoms with van der Waals surface area (Å²) in [7, 11) is 0. The highest BCUT2D eigenvalue weighted by molar-refractivity contribution is 5.81. The van der Waals surface area contributed by atoms with Crippen molar-refractivity contribution in [1.29, 1.82) is 0 Å². The predicted molar refractivity (Wildman–Crippen MR) is 64.0 cm³/mol. The summed E-state index contributed by atoms with van der Waals surface area (Å²) in [6.07, 6.45) is 0. The van der Waals surface area contributed by atoms with Crippen LogP contribution in [0.4, 0.5) is 11.4 Å². The molecule has 2 aromatic carbocycles. The molecule has 6 heteroatoms. The second kappa shape index (κ2) is 4.62. The number of hydrogen-bond donors (Lipinski definition) is 0. The zero-order valence-electron chi connectivity index (χ0n) is 9.07. The highest BCUT2D eigenvalue weighted by Gasteiger charge is 2.25. The van der Waals surface area contributed by atoms with Gasteiger partial charge >= 0.3 is 0 Å². The Morgan fingerprint density at radius 3 is 2.17 bits per heavy atom. The smallest absolute Gasteiger partial charge is 0.258 e. The van der Waals surface area contributed by atoms with Crippen LogP contribution in [0.1, 0.15) is 0 Å². The molecular formula is C12H7N2O4. The average Bonchev–Trinajstić information content (AvgIpc) is 2.38. The van der Waals surface area contributed by atoms with Crippen LogP contribution in [-0.4, -0.2) is 9.85 Å². The first-order valence-corrected chi connectivity index (χ1v) is 5.00. The van der Waals surface area contributed by atoms with Crippen molar-refractivity contribution in [1.82, 2.24) is 0 Å². The number of nitrogens with zero attached hydrogens (tertiary/aromatic N) is 2. The lowest BCUT2D eigenvalue weighted by atomic mass is 10.0. The molecule has 6 nitrogen and oxygen atoms in total. The van der Waals surface area contributed by atoms with Crippen LogP contribution in [0, 0.1) is 26.3 Å². The summed E-state index contributed by atoms with van der Waals surface area (Å²) in [6, 6.07) is 13.0. The molecular weight excluding hydrogens is 236 g/mol. The van der Waals surface area contributed by atoms with Crippen molar-refractivity contribution in [3.05, 3.63) is 68.8 Å². The Labute approximate surface area is 102 Å². The van der Waals surface area contributed by atoms with E-state index >= 15 is 0 Å². The summed E-state index contributed by atoms with van der Waals surface area (Å²) >= 11 is 0. The Kier molecular flexibility index (Phi) is 3.01. The summed E-state index contributed by atoms with van der Waals surface area (Å²) in [4.78, 5) is 20.6. The largest absolute Gasteiger partial charge is 0.292 e. The van der Waals surface area contributed by atoms with Crippen molar-refractivity contribution in [2.24, 2.45) is 0 Å². The molecule has 0 aromatic heterocycles. The van der Waals surface area contributed by atoms with Crippen LogP contribution in [-0.2, 0) is 0 Å². The topological polar surface area (TPSA) is 86.3 Å². The summed E-state index contributed by atoms with van der Waals surface area (Å²) in [6.45, 7) is 0. The normalized spacial score (nSPS) is 10.0. The van der Waals surface area contributed by atoms with E-state index in [2.05, 4.69) is 6.07 Å². The molecule has 0 aliphatic rings. The molecule has 0 fully saturated rings. The van der Waals surface area contributed by atoms with Gasteiger partial charge in [0.15, 0.2) is 0 Å². The van der Waals surface area contributed by atoms with Gasteiger partial charge in [-0.05, 0) is 11.6 Å². The third-order valence-electron chi connectivity index (χ3n) is 2.40. The molecule has 0 saturated heterocycles. The highest BCUT2D eigenvalue weighted by atomic mass is 16.6. The van der Waals surface area contributed by atoms with Crippen molar-refractivity contribution in [2.45, 2.75) is 0 Å². The van der Waals surface area contributed by atoms with Crippen LogP contribution in [0.25, 0.3) is 11.1 Å². The zero-order valence-corrected chi connectivity index (χ0v) is 9.07. The maximum absolute atomic E-state index is 10.9. The van der Waals surface area contributed by atoms with Crippen molar-refractivity contribution in [2.75, 3.05) is 0 Å². The van der Waals surface area contributed by atoms with Gasteiger partial charge in [0.1, 0.15) is 5.56 Å². The van der Waals surface area contributed by atoms with Gasteiger partial charge in [-0.2, -0.15) is 0 Å². The minimum Gasteiger partial charge on any atom is -0.258 e. The quantitative estimate of drug-likeness (QED) is 0.612. The standard InChI is InChI=1S/C12H7N2O4/c15-13(16)10-7-4-8-11(14(17)18)12(10)9-5-2-1-3-6-9/h1-7H. The number of hydrogen-bond acceptors (Lipinski definition) is 4. The Bertz CT molecular complexity index is 578. The summed E-state index contributed by atoms with van der Waals surface area (Å²) in [5.41, 5.74) is -0.289. The fraction of sp³-hybridized carbons (Fsp3) is 0. The molecule has 0 amide bonds.